The first kappa shape index (κ1) is 15.4. The maximum atomic E-state index is 11.4. The molecule has 0 amide bonds. The van der Waals surface area contributed by atoms with Gasteiger partial charge in [0.05, 0.1) is 15.7 Å². The number of hydrogen-bond acceptors (Lipinski definition) is 4. The summed E-state index contributed by atoms with van der Waals surface area (Å²) in [7, 11) is 0. The minimum Gasteiger partial charge on any atom is -0.506 e. The van der Waals surface area contributed by atoms with Crippen molar-refractivity contribution in [2.75, 3.05) is 0 Å². The molecule has 0 aliphatic rings. The quantitative estimate of drug-likeness (QED) is 0.374. The van der Waals surface area contributed by atoms with E-state index < -0.39 is 18.4 Å². The summed E-state index contributed by atoms with van der Waals surface area (Å²) in [5.74, 6) is -0.604. The summed E-state index contributed by atoms with van der Waals surface area (Å²) in [6, 6.07) is 3.56. The molecule has 0 saturated heterocycles. The SMILES string of the molecule is [3H]C(c1cc(I)c(Oc2cc(I)c(O)c(I)c2)c(I)c1)[C@]([3H])(C(=O)O)N([3H])[3H]. The molecule has 0 fully saturated rings. The lowest BCUT2D eigenvalue weighted by Crippen LogP contribution is -2.32. The third-order valence-electron chi connectivity index (χ3n) is 2.75. The molecule has 2 aromatic rings. The number of aliphatic carboxylic acids is 1. The number of phenols is 1. The molecule has 5 nitrogen and oxygen atoms in total. The lowest BCUT2D eigenvalue weighted by atomic mass is 10.1. The van der Waals surface area contributed by atoms with E-state index in [2.05, 4.69) is 0 Å². The first-order chi connectivity index (χ1) is 12.9. The fourth-order valence-corrected chi connectivity index (χ4v) is 5.45. The maximum Gasteiger partial charge on any atom is 0.320 e. The minimum atomic E-state index is -2.78. The van der Waals surface area contributed by atoms with E-state index >= 15 is 0 Å². The fraction of sp³-hybridized carbons (Fsp3) is 0.133. The van der Waals surface area contributed by atoms with Gasteiger partial charge in [-0.25, -0.2) is 0 Å². The van der Waals surface area contributed by atoms with Crippen LogP contribution in [0, 0.1) is 14.3 Å². The molecule has 0 radical (unpaired) electrons. The number of ether oxygens (including phenoxy) is 1. The van der Waals surface area contributed by atoms with Crippen molar-refractivity contribution in [3.63, 3.8) is 0 Å². The number of rotatable bonds is 6. The molecule has 4 N–H and O–H groups in total. The molecule has 24 heavy (non-hydrogen) atoms. The normalized spacial score (nSPS) is 17.2. The van der Waals surface area contributed by atoms with Crippen LogP contribution in [-0.4, -0.2) is 22.2 Å². The van der Waals surface area contributed by atoms with E-state index in [1.165, 1.54) is 12.1 Å². The fourth-order valence-electron chi connectivity index (χ4n) is 1.70. The molecule has 2 aromatic carbocycles. The standard InChI is InChI=1S/C15H11I4NO4/c16-8-4-7(5-9(17)13(8)21)24-14-10(18)1-6(2-11(14)19)3-12(20)15(22)23/h1-2,4-5,12,21H,3,20H2,(H,22,23)/t12-/m1/s1/i3T,12T/hT2/t3?,12-. The lowest BCUT2D eigenvalue weighted by Gasteiger charge is -2.14. The third kappa shape index (κ3) is 5.20. The number of halogens is 4. The Labute approximate surface area is 199 Å². The Kier molecular flexibility index (Phi) is 5.70. The van der Waals surface area contributed by atoms with Gasteiger partial charge in [0.2, 0.25) is 0 Å². The number of hydrogen-bond donors (Lipinski definition) is 3. The van der Waals surface area contributed by atoms with Gasteiger partial charge in [0, 0.05) is 1.37 Å². The Morgan fingerprint density at radius 3 is 2.21 bits per heavy atom. The van der Waals surface area contributed by atoms with E-state index in [0.717, 1.165) is 0 Å². The van der Waals surface area contributed by atoms with Crippen LogP contribution in [0.2, 0.25) is 2.82 Å². The van der Waals surface area contributed by atoms with Crippen LogP contribution < -0.4 is 10.5 Å². The van der Waals surface area contributed by atoms with Crippen LogP contribution >= 0.6 is 90.4 Å². The van der Waals surface area contributed by atoms with Crippen LogP contribution in [0.5, 0.6) is 17.2 Å². The van der Waals surface area contributed by atoms with Gasteiger partial charge in [-0.2, -0.15) is 0 Å². The van der Waals surface area contributed by atoms with Crippen LogP contribution in [-0.2, 0) is 11.2 Å². The summed E-state index contributed by atoms with van der Waals surface area (Å²) in [5, 5.41) is 19.1. The van der Waals surface area contributed by atoms with Crippen molar-refractivity contribution in [2.24, 2.45) is 5.72 Å². The molecule has 0 aromatic heterocycles. The molecule has 128 valence electrons. The Morgan fingerprint density at radius 2 is 1.75 bits per heavy atom. The van der Waals surface area contributed by atoms with Gasteiger partial charge >= 0.3 is 5.97 Å². The molecule has 0 spiro atoms. The maximum absolute atomic E-state index is 11.4. The first-order valence-electron chi connectivity index (χ1n) is 8.15. The van der Waals surface area contributed by atoms with Crippen molar-refractivity contribution >= 4 is 96.3 Å². The third-order valence-corrected chi connectivity index (χ3v) is 6.00. The summed E-state index contributed by atoms with van der Waals surface area (Å²) in [6.07, 6.45) is -1.69. The minimum absolute atomic E-state index is 0.168. The van der Waals surface area contributed by atoms with E-state index in [-0.39, 0.29) is 17.0 Å². The Balaban J connectivity index is 2.44. The lowest BCUT2D eigenvalue weighted by molar-refractivity contribution is -0.138. The van der Waals surface area contributed by atoms with Crippen molar-refractivity contribution in [1.82, 2.24) is 0 Å². The molecule has 0 bridgehead atoms. The van der Waals surface area contributed by atoms with E-state index in [1.807, 2.05) is 90.4 Å². The molecule has 0 heterocycles. The second-order valence-electron chi connectivity index (χ2n) is 4.49. The van der Waals surface area contributed by atoms with Gasteiger partial charge in [0.15, 0.2) is 5.75 Å². The highest BCUT2D eigenvalue weighted by Crippen LogP contribution is 2.36. The molecule has 2 atom stereocenters. The zero-order chi connectivity index (χ0) is 21.4. The smallest absolute Gasteiger partial charge is 0.320 e. The zero-order valence-electron chi connectivity index (χ0n) is 15.6. The Hall–Kier alpha value is 0.390. The summed E-state index contributed by atoms with van der Waals surface area (Å²) < 4.78 is 38.9. The van der Waals surface area contributed by atoms with Crippen LogP contribution in [0.3, 0.4) is 0 Å². The number of nitrogens with two attached hydrogens (primary N) is 1. The summed E-state index contributed by atoms with van der Waals surface area (Å²) in [5.41, 5.74) is -0.102. The summed E-state index contributed by atoms with van der Waals surface area (Å²) >= 11 is 7.93. The number of carboxylic acids is 1. The molecule has 0 aliphatic carbocycles. The van der Waals surface area contributed by atoms with Gasteiger partial charge in [0.1, 0.15) is 20.3 Å². The van der Waals surface area contributed by atoms with Gasteiger partial charge < -0.3 is 20.7 Å². The number of aromatic hydroxyl groups is 1. The van der Waals surface area contributed by atoms with E-state index in [9.17, 15) is 15.0 Å². The first-order valence-corrected chi connectivity index (χ1v) is 10.5. The molecular formula is C15H11I4NO4. The van der Waals surface area contributed by atoms with Gasteiger partial charge in [0.25, 0.3) is 0 Å². The van der Waals surface area contributed by atoms with E-state index in [4.69, 9.17) is 10.3 Å². The van der Waals surface area contributed by atoms with Crippen LogP contribution in [0.1, 0.15) is 8.30 Å². The average molecular weight is 785 g/mol. The predicted molar refractivity (Wildman–Crippen MR) is 125 cm³/mol. The van der Waals surface area contributed by atoms with Crippen molar-refractivity contribution < 1.29 is 25.3 Å². The van der Waals surface area contributed by atoms with Gasteiger partial charge in [-0.3, -0.25) is 4.79 Å². The number of benzene rings is 2. The van der Waals surface area contributed by atoms with Crippen LogP contribution in [0.15, 0.2) is 24.3 Å². The van der Waals surface area contributed by atoms with Gasteiger partial charge in [-0.1, -0.05) is 0 Å². The van der Waals surface area contributed by atoms with E-state index in [0.29, 0.717) is 25.8 Å². The summed E-state index contributed by atoms with van der Waals surface area (Å²) in [4.78, 5) is 11.4. The highest BCUT2D eigenvalue weighted by Gasteiger charge is 2.16. The van der Waals surface area contributed by atoms with Crippen molar-refractivity contribution in [3.05, 3.63) is 44.1 Å². The second-order valence-corrected chi connectivity index (χ2v) is 9.13. The highest BCUT2D eigenvalue weighted by molar-refractivity contribution is 14.1. The number of carbonyl (C=O) groups is 1. The largest absolute Gasteiger partial charge is 0.506 e. The van der Waals surface area contributed by atoms with Crippen LogP contribution in [0.4, 0.5) is 0 Å². The Morgan fingerprint density at radius 1 is 1.21 bits per heavy atom. The number of carboxylic acid groups (broad SMARTS) is 1. The van der Waals surface area contributed by atoms with Crippen LogP contribution in [0.25, 0.3) is 0 Å². The molecular weight excluding hydrogens is 766 g/mol. The monoisotopic (exact) mass is 785 g/mol. The molecule has 0 saturated carbocycles. The molecule has 9 heteroatoms. The summed E-state index contributed by atoms with van der Waals surface area (Å²) in [6.45, 7) is 0. The highest BCUT2D eigenvalue weighted by atomic mass is 127. The van der Waals surface area contributed by atoms with Crippen molar-refractivity contribution in [2.45, 2.75) is 12.4 Å². The predicted octanol–water partition coefficient (Wildman–Crippen LogP) is 4.56. The van der Waals surface area contributed by atoms with Crippen molar-refractivity contribution in [3.8, 4) is 17.2 Å². The molecule has 0 aliphatic heterocycles. The zero-order valence-corrected chi connectivity index (χ0v) is 20.2. The Bertz CT molecular complexity index is 887. The van der Waals surface area contributed by atoms with Gasteiger partial charge in [-0.05, 0) is 127 Å². The van der Waals surface area contributed by atoms with Gasteiger partial charge in [-0.15, -0.1) is 0 Å². The topological polar surface area (TPSA) is 92.8 Å². The van der Waals surface area contributed by atoms with E-state index in [1.54, 1.807) is 12.1 Å². The second kappa shape index (κ2) is 8.85. The average Bonchev–Trinajstić information content (AvgIpc) is 2.60. The molecule has 1 unspecified atom stereocenters. The van der Waals surface area contributed by atoms with Crippen molar-refractivity contribution in [1.29, 1.82) is 0 Å². The number of phenolic OH excluding ortho intramolecular Hbond substituents is 1. The molecule has 2 rings (SSSR count).